The maximum absolute atomic E-state index is 13.2. The van der Waals surface area contributed by atoms with Gasteiger partial charge in [-0.2, -0.15) is 0 Å². The summed E-state index contributed by atoms with van der Waals surface area (Å²) < 4.78 is 5.34. The third-order valence-corrected chi connectivity index (χ3v) is 5.43. The van der Waals surface area contributed by atoms with E-state index < -0.39 is 5.91 Å². The molecule has 3 rings (SSSR count). The molecule has 156 valence electrons. The van der Waals surface area contributed by atoms with E-state index in [2.05, 4.69) is 0 Å². The number of halogens is 1. The fourth-order valence-corrected chi connectivity index (χ4v) is 3.67. The molecular weight excluding hydrogens is 402 g/mol. The van der Waals surface area contributed by atoms with Gasteiger partial charge in [0.1, 0.15) is 5.75 Å². The number of methoxy groups -OCH3 is 1. The minimum atomic E-state index is -0.437. The molecule has 0 N–H and O–H groups in total. The Morgan fingerprint density at radius 1 is 1.17 bits per heavy atom. The number of ether oxygens (including phenoxy) is 1. The smallest absolute Gasteiger partial charge is 0.256 e. The zero-order chi connectivity index (χ0) is 21.7. The van der Waals surface area contributed by atoms with Gasteiger partial charge in [0.25, 0.3) is 5.91 Å². The van der Waals surface area contributed by atoms with Crippen molar-refractivity contribution in [3.05, 3.63) is 70.3 Å². The summed E-state index contributed by atoms with van der Waals surface area (Å²) >= 11 is 6.09. The molecule has 0 spiro atoms. The van der Waals surface area contributed by atoms with Crippen LogP contribution in [0.25, 0.3) is 6.08 Å². The van der Waals surface area contributed by atoms with E-state index in [4.69, 9.17) is 16.3 Å². The Bertz CT molecular complexity index is 984. The van der Waals surface area contributed by atoms with Crippen LogP contribution < -0.4 is 4.74 Å². The molecule has 1 atom stereocenters. The molecule has 0 aliphatic carbocycles. The first kappa shape index (κ1) is 21.8. The number of likely N-dealkylation sites (tertiary alicyclic amines) is 1. The van der Waals surface area contributed by atoms with E-state index in [9.17, 15) is 14.4 Å². The fourth-order valence-electron chi connectivity index (χ4n) is 3.49. The molecule has 1 aliphatic rings. The molecule has 0 radical (unpaired) electrons. The van der Waals surface area contributed by atoms with Gasteiger partial charge in [0.15, 0.2) is 5.78 Å². The van der Waals surface area contributed by atoms with Crippen LogP contribution in [0.3, 0.4) is 0 Å². The van der Waals surface area contributed by atoms with Crippen molar-refractivity contribution < 1.29 is 19.1 Å². The van der Waals surface area contributed by atoms with Crippen molar-refractivity contribution in [2.24, 2.45) is 0 Å². The van der Waals surface area contributed by atoms with Gasteiger partial charge in [0.2, 0.25) is 5.91 Å². The van der Waals surface area contributed by atoms with E-state index in [1.54, 1.807) is 24.3 Å². The lowest BCUT2D eigenvalue weighted by Gasteiger charge is -2.21. The number of benzene rings is 2. The van der Waals surface area contributed by atoms with Gasteiger partial charge < -0.3 is 4.74 Å². The Labute approximate surface area is 181 Å². The summed E-state index contributed by atoms with van der Waals surface area (Å²) in [5.74, 6) is -0.426. The number of Topliss-reactive ketones (excluding diaryl/α,β-unsaturated/α-hetero) is 1. The summed E-state index contributed by atoms with van der Waals surface area (Å²) in [6.07, 6.45) is 2.28. The number of hydrogen-bond donors (Lipinski definition) is 0. The summed E-state index contributed by atoms with van der Waals surface area (Å²) in [5, 5.41) is 0.504. The highest BCUT2D eigenvalue weighted by Gasteiger charge is 2.31. The number of amides is 2. The molecule has 2 amide bonds. The first-order valence-electron chi connectivity index (χ1n) is 9.84. The Morgan fingerprint density at radius 2 is 1.90 bits per heavy atom. The van der Waals surface area contributed by atoms with Crippen LogP contribution in [-0.2, 0) is 14.4 Å². The van der Waals surface area contributed by atoms with Crippen molar-refractivity contribution in [2.75, 3.05) is 13.7 Å². The number of ketones is 1. The predicted molar refractivity (Wildman–Crippen MR) is 116 cm³/mol. The first-order chi connectivity index (χ1) is 14.4. The molecule has 0 aromatic heterocycles. The standard InChI is InChI=1S/C24H24ClNO4/c1-16(17-6-4-3-5-7-17)12-23(28)26-15-21(27)10-8-18(24(26)29)13-19-14-20(25)9-11-22(19)30-2/h3-7,9,11,13-14,16H,8,10,12,15H2,1-2H3/b18-13+/t16-/m1/s1. The lowest BCUT2D eigenvalue weighted by molar-refractivity contribution is -0.144. The summed E-state index contributed by atoms with van der Waals surface area (Å²) in [4.78, 5) is 39.4. The van der Waals surface area contributed by atoms with E-state index in [-0.39, 0.29) is 43.4 Å². The number of carbonyl (C=O) groups excluding carboxylic acids is 3. The number of rotatable bonds is 5. The van der Waals surface area contributed by atoms with Crippen LogP contribution in [0.4, 0.5) is 0 Å². The van der Waals surface area contributed by atoms with Gasteiger partial charge in [-0.15, -0.1) is 0 Å². The molecule has 2 aromatic rings. The largest absolute Gasteiger partial charge is 0.496 e. The summed E-state index contributed by atoms with van der Waals surface area (Å²) in [6, 6.07) is 14.7. The Morgan fingerprint density at radius 3 is 2.60 bits per heavy atom. The monoisotopic (exact) mass is 425 g/mol. The molecule has 5 nitrogen and oxygen atoms in total. The lowest BCUT2D eigenvalue weighted by Crippen LogP contribution is -2.39. The van der Waals surface area contributed by atoms with Crippen molar-refractivity contribution >= 4 is 35.3 Å². The molecule has 1 fully saturated rings. The van der Waals surface area contributed by atoms with Crippen LogP contribution in [0.2, 0.25) is 5.02 Å². The normalized spacial score (nSPS) is 17.0. The van der Waals surface area contributed by atoms with Crippen molar-refractivity contribution in [3.63, 3.8) is 0 Å². The predicted octanol–water partition coefficient (Wildman–Crippen LogP) is 4.64. The molecule has 1 heterocycles. The van der Waals surface area contributed by atoms with Gasteiger partial charge in [-0.1, -0.05) is 48.9 Å². The van der Waals surface area contributed by atoms with Crippen molar-refractivity contribution in [3.8, 4) is 5.75 Å². The third-order valence-electron chi connectivity index (χ3n) is 5.20. The van der Waals surface area contributed by atoms with Crippen LogP contribution in [-0.4, -0.2) is 36.2 Å². The second kappa shape index (κ2) is 9.72. The number of carbonyl (C=O) groups is 3. The van der Waals surface area contributed by atoms with Crippen molar-refractivity contribution in [1.82, 2.24) is 4.90 Å². The molecule has 6 heteroatoms. The van der Waals surface area contributed by atoms with E-state index in [0.717, 1.165) is 10.5 Å². The van der Waals surface area contributed by atoms with Gasteiger partial charge in [-0.3, -0.25) is 19.3 Å². The number of nitrogens with zero attached hydrogens (tertiary/aromatic N) is 1. The van der Waals surface area contributed by atoms with Crippen molar-refractivity contribution in [2.45, 2.75) is 32.1 Å². The zero-order valence-corrected chi connectivity index (χ0v) is 17.8. The molecule has 30 heavy (non-hydrogen) atoms. The fraction of sp³-hybridized carbons (Fsp3) is 0.292. The average Bonchev–Trinajstić information content (AvgIpc) is 2.88. The van der Waals surface area contributed by atoms with Crippen LogP contribution in [0, 0.1) is 0 Å². The summed E-state index contributed by atoms with van der Waals surface area (Å²) in [6.45, 7) is 1.74. The highest BCUT2D eigenvalue weighted by atomic mass is 35.5. The van der Waals surface area contributed by atoms with Crippen LogP contribution in [0.1, 0.15) is 43.2 Å². The second-order valence-corrected chi connectivity index (χ2v) is 7.83. The zero-order valence-electron chi connectivity index (χ0n) is 17.1. The Kier molecular flexibility index (Phi) is 7.06. The SMILES string of the molecule is COc1ccc(Cl)cc1/C=C1\CCC(=O)CN(C(=O)C[C@@H](C)c2ccccc2)C1=O. The Balaban J connectivity index is 1.86. The molecule has 0 bridgehead atoms. The topological polar surface area (TPSA) is 63.7 Å². The molecule has 2 aromatic carbocycles. The maximum atomic E-state index is 13.2. The lowest BCUT2D eigenvalue weighted by atomic mass is 9.97. The minimum Gasteiger partial charge on any atom is -0.496 e. The van der Waals surface area contributed by atoms with Gasteiger partial charge in [-0.05, 0) is 42.2 Å². The number of imide groups is 1. The van der Waals surface area contributed by atoms with E-state index in [1.807, 2.05) is 37.3 Å². The quantitative estimate of drug-likeness (QED) is 0.654. The van der Waals surface area contributed by atoms with E-state index in [1.165, 1.54) is 7.11 Å². The first-order valence-corrected chi connectivity index (χ1v) is 10.2. The third kappa shape index (κ3) is 5.16. The van der Waals surface area contributed by atoms with E-state index >= 15 is 0 Å². The van der Waals surface area contributed by atoms with E-state index in [0.29, 0.717) is 21.9 Å². The van der Waals surface area contributed by atoms with Crippen LogP contribution in [0.15, 0.2) is 54.1 Å². The maximum Gasteiger partial charge on any atom is 0.256 e. The Hall–Kier alpha value is -2.92. The minimum absolute atomic E-state index is 0.0645. The highest BCUT2D eigenvalue weighted by Crippen LogP contribution is 2.28. The van der Waals surface area contributed by atoms with Crippen molar-refractivity contribution in [1.29, 1.82) is 0 Å². The van der Waals surface area contributed by atoms with Gasteiger partial charge in [-0.25, -0.2) is 0 Å². The summed E-state index contributed by atoms with van der Waals surface area (Å²) in [7, 11) is 1.53. The molecule has 0 saturated carbocycles. The highest BCUT2D eigenvalue weighted by molar-refractivity contribution is 6.30. The average molecular weight is 426 g/mol. The van der Waals surface area contributed by atoms with Crippen LogP contribution >= 0.6 is 11.6 Å². The molecule has 1 saturated heterocycles. The van der Waals surface area contributed by atoms with Gasteiger partial charge in [0, 0.05) is 29.0 Å². The molecular formula is C24H24ClNO4. The molecule has 1 aliphatic heterocycles. The van der Waals surface area contributed by atoms with Gasteiger partial charge in [0.05, 0.1) is 13.7 Å². The van der Waals surface area contributed by atoms with Gasteiger partial charge >= 0.3 is 0 Å². The van der Waals surface area contributed by atoms with Crippen LogP contribution in [0.5, 0.6) is 5.75 Å². The summed E-state index contributed by atoms with van der Waals surface area (Å²) in [5.41, 5.74) is 2.04. The number of hydrogen-bond acceptors (Lipinski definition) is 4. The second-order valence-electron chi connectivity index (χ2n) is 7.40. The molecule has 0 unspecified atom stereocenters.